The van der Waals surface area contributed by atoms with Gasteiger partial charge in [0.2, 0.25) is 0 Å². The fraction of sp³-hybridized carbons (Fsp3) is 0.184. The van der Waals surface area contributed by atoms with Gasteiger partial charge in [-0.3, -0.25) is 9.36 Å². The summed E-state index contributed by atoms with van der Waals surface area (Å²) in [4.78, 5) is 33.5. The maximum absolute atomic E-state index is 14.4. The summed E-state index contributed by atoms with van der Waals surface area (Å²) < 4.78 is 13.8. The van der Waals surface area contributed by atoms with Crippen molar-refractivity contribution in [2.75, 3.05) is 6.61 Å². The Labute approximate surface area is 286 Å². The van der Waals surface area contributed by atoms with Crippen molar-refractivity contribution in [3.63, 3.8) is 0 Å². The number of fused-ring (bicyclic) bond motifs is 1. The van der Waals surface area contributed by atoms with Crippen LogP contribution in [0.2, 0.25) is 10.0 Å². The molecule has 9 heteroatoms. The van der Waals surface area contributed by atoms with Gasteiger partial charge >= 0.3 is 5.97 Å². The standard InChI is InChI=1S/C38H32Cl2N2O4S/c1-4-45-37(44)33-34(26-10-6-5-7-11-26)41-38-42(35(33)27-15-13-25(14-16-27)23(2)3)36(43)32(47-38)21-28-20-30(40)17-18-31(28)46-22-24-9-8-12-29(39)19-24/h5-21,23,35H,4,22H2,1-3H3/b32-21-. The zero-order valence-electron chi connectivity index (χ0n) is 26.1. The monoisotopic (exact) mass is 682 g/mol. The summed E-state index contributed by atoms with van der Waals surface area (Å²) in [7, 11) is 0. The van der Waals surface area contributed by atoms with Gasteiger partial charge in [0.1, 0.15) is 12.4 Å². The summed E-state index contributed by atoms with van der Waals surface area (Å²) in [6.45, 7) is 6.47. The molecule has 1 unspecified atom stereocenters. The molecule has 5 aromatic rings. The van der Waals surface area contributed by atoms with Gasteiger partial charge in [0, 0.05) is 21.2 Å². The Bertz CT molecular complexity index is 2150. The molecule has 0 N–H and O–H groups in total. The number of rotatable bonds is 9. The summed E-state index contributed by atoms with van der Waals surface area (Å²) in [5.74, 6) is 0.353. The Morgan fingerprint density at radius 1 is 0.957 bits per heavy atom. The molecule has 1 aromatic heterocycles. The minimum absolute atomic E-state index is 0.181. The first-order valence-corrected chi connectivity index (χ1v) is 16.9. The number of hydrogen-bond acceptors (Lipinski definition) is 6. The number of nitrogens with zero attached hydrogens (tertiary/aromatic N) is 2. The average Bonchev–Trinajstić information content (AvgIpc) is 3.38. The van der Waals surface area contributed by atoms with E-state index in [1.165, 1.54) is 11.3 Å². The Morgan fingerprint density at radius 2 is 1.70 bits per heavy atom. The maximum Gasteiger partial charge on any atom is 0.338 e. The quantitative estimate of drug-likeness (QED) is 0.148. The lowest BCUT2D eigenvalue weighted by molar-refractivity contribution is -0.138. The highest BCUT2D eigenvalue weighted by molar-refractivity contribution is 7.07. The molecule has 47 heavy (non-hydrogen) atoms. The van der Waals surface area contributed by atoms with Crippen LogP contribution in [0.3, 0.4) is 0 Å². The van der Waals surface area contributed by atoms with Crippen molar-refractivity contribution in [1.82, 2.24) is 4.57 Å². The Balaban J connectivity index is 1.54. The van der Waals surface area contributed by atoms with Crippen LogP contribution in [0.25, 0.3) is 11.8 Å². The van der Waals surface area contributed by atoms with Gasteiger partial charge in [-0.2, -0.15) is 0 Å². The van der Waals surface area contributed by atoms with Gasteiger partial charge < -0.3 is 9.47 Å². The summed E-state index contributed by atoms with van der Waals surface area (Å²) in [6, 6.07) is 29.5. The summed E-state index contributed by atoms with van der Waals surface area (Å²) >= 11 is 13.8. The smallest absolute Gasteiger partial charge is 0.338 e. The number of carbonyl (C=O) groups is 1. The van der Waals surface area contributed by atoms with Crippen LogP contribution >= 0.6 is 34.5 Å². The van der Waals surface area contributed by atoms with E-state index >= 15 is 0 Å². The predicted octanol–water partition coefficient (Wildman–Crippen LogP) is 7.94. The molecule has 0 fully saturated rings. The van der Waals surface area contributed by atoms with Crippen molar-refractivity contribution in [3.05, 3.63) is 160 Å². The number of thiazole rings is 1. The van der Waals surface area contributed by atoms with E-state index in [1.807, 2.05) is 72.8 Å². The van der Waals surface area contributed by atoms with E-state index in [9.17, 15) is 9.59 Å². The van der Waals surface area contributed by atoms with Crippen LogP contribution in [0.5, 0.6) is 5.75 Å². The molecule has 1 atom stereocenters. The third-order valence-electron chi connectivity index (χ3n) is 7.83. The largest absolute Gasteiger partial charge is 0.488 e. The minimum Gasteiger partial charge on any atom is -0.488 e. The highest BCUT2D eigenvalue weighted by Gasteiger charge is 2.35. The number of esters is 1. The van der Waals surface area contributed by atoms with E-state index in [0.717, 1.165) is 22.3 Å². The van der Waals surface area contributed by atoms with Crippen LogP contribution in [0.15, 0.2) is 112 Å². The molecule has 0 radical (unpaired) electrons. The fourth-order valence-electron chi connectivity index (χ4n) is 5.51. The van der Waals surface area contributed by atoms with Crippen LogP contribution in [0.1, 0.15) is 60.5 Å². The van der Waals surface area contributed by atoms with Crippen molar-refractivity contribution in [2.45, 2.75) is 39.3 Å². The van der Waals surface area contributed by atoms with Gasteiger partial charge in [0.25, 0.3) is 5.56 Å². The molecule has 6 nitrogen and oxygen atoms in total. The third-order valence-corrected chi connectivity index (χ3v) is 9.29. The minimum atomic E-state index is -0.762. The number of carbonyl (C=O) groups excluding carboxylic acids is 1. The second kappa shape index (κ2) is 14.1. The SMILES string of the molecule is CCOC(=O)C1=C(c2ccccc2)N=c2s/c(=C\c3cc(Cl)ccc3OCc3cccc(Cl)c3)c(=O)n2C1c1ccc(C(C)C)cc1. The third kappa shape index (κ3) is 6.98. The molecule has 2 heterocycles. The fourth-order valence-corrected chi connectivity index (χ4v) is 6.90. The van der Waals surface area contributed by atoms with Crippen molar-refractivity contribution in [2.24, 2.45) is 4.99 Å². The molecule has 6 rings (SSSR count). The predicted molar refractivity (Wildman–Crippen MR) is 189 cm³/mol. The molecule has 1 aliphatic heterocycles. The molecule has 0 amide bonds. The normalized spacial score (nSPS) is 14.6. The van der Waals surface area contributed by atoms with E-state index in [-0.39, 0.29) is 18.8 Å². The second-order valence-corrected chi connectivity index (χ2v) is 13.2. The lowest BCUT2D eigenvalue weighted by Crippen LogP contribution is -2.40. The van der Waals surface area contributed by atoms with Crippen molar-refractivity contribution in [3.8, 4) is 5.75 Å². The van der Waals surface area contributed by atoms with Gasteiger partial charge in [-0.25, -0.2) is 9.79 Å². The number of ether oxygens (including phenoxy) is 2. The van der Waals surface area contributed by atoms with Crippen molar-refractivity contribution >= 4 is 52.3 Å². The molecule has 0 aliphatic carbocycles. The molecule has 0 saturated carbocycles. The van der Waals surface area contributed by atoms with E-state index < -0.39 is 12.0 Å². The van der Waals surface area contributed by atoms with Gasteiger partial charge in [0.15, 0.2) is 4.80 Å². The number of benzene rings is 4. The van der Waals surface area contributed by atoms with Gasteiger partial charge in [-0.15, -0.1) is 0 Å². The number of halogens is 2. The lowest BCUT2D eigenvalue weighted by Gasteiger charge is -2.26. The van der Waals surface area contributed by atoms with E-state index in [1.54, 1.807) is 41.8 Å². The highest BCUT2D eigenvalue weighted by Crippen LogP contribution is 2.36. The van der Waals surface area contributed by atoms with E-state index in [0.29, 0.717) is 47.9 Å². The van der Waals surface area contributed by atoms with Crippen LogP contribution < -0.4 is 19.6 Å². The average molecular weight is 684 g/mol. The molecule has 238 valence electrons. The number of hydrogen-bond donors (Lipinski definition) is 0. The molecule has 0 saturated heterocycles. The topological polar surface area (TPSA) is 69.9 Å². The van der Waals surface area contributed by atoms with Crippen molar-refractivity contribution < 1.29 is 14.3 Å². The lowest BCUT2D eigenvalue weighted by atomic mass is 9.91. The zero-order valence-corrected chi connectivity index (χ0v) is 28.4. The molecular weight excluding hydrogens is 651 g/mol. The van der Waals surface area contributed by atoms with E-state index in [4.69, 9.17) is 37.7 Å². The van der Waals surface area contributed by atoms with E-state index in [2.05, 4.69) is 13.8 Å². The molecule has 0 bridgehead atoms. The molecule has 0 spiro atoms. The maximum atomic E-state index is 14.4. The van der Waals surface area contributed by atoms with Gasteiger partial charge in [-0.05, 0) is 65.9 Å². The first-order chi connectivity index (χ1) is 22.7. The van der Waals surface area contributed by atoms with Crippen LogP contribution in [-0.2, 0) is 16.1 Å². The number of aromatic nitrogens is 1. The first kappa shape index (κ1) is 32.5. The van der Waals surface area contributed by atoms with Crippen LogP contribution in [-0.4, -0.2) is 17.1 Å². The van der Waals surface area contributed by atoms with Gasteiger partial charge in [-0.1, -0.05) is 115 Å². The van der Waals surface area contributed by atoms with Crippen LogP contribution in [0.4, 0.5) is 0 Å². The Kier molecular flexibility index (Phi) is 9.78. The van der Waals surface area contributed by atoms with Crippen LogP contribution in [0, 0.1) is 0 Å². The van der Waals surface area contributed by atoms with Crippen molar-refractivity contribution in [1.29, 1.82) is 0 Å². The molecule has 4 aromatic carbocycles. The zero-order chi connectivity index (χ0) is 33.1. The Hall–Kier alpha value is -4.43. The Morgan fingerprint density at radius 3 is 2.40 bits per heavy atom. The highest BCUT2D eigenvalue weighted by atomic mass is 35.5. The molecular formula is C38H32Cl2N2O4S. The summed E-state index contributed by atoms with van der Waals surface area (Å²) in [6.07, 6.45) is 1.76. The second-order valence-electron chi connectivity index (χ2n) is 11.4. The first-order valence-electron chi connectivity index (χ1n) is 15.3. The summed E-state index contributed by atoms with van der Waals surface area (Å²) in [5.41, 5.74) is 4.71. The molecule has 1 aliphatic rings. The summed E-state index contributed by atoms with van der Waals surface area (Å²) in [5, 5.41) is 1.12. The van der Waals surface area contributed by atoms with Gasteiger partial charge in [0.05, 0.1) is 28.5 Å².